The fourth-order valence-corrected chi connectivity index (χ4v) is 1.27. The third-order valence-corrected chi connectivity index (χ3v) is 1.89. The van der Waals surface area contributed by atoms with E-state index in [0.717, 1.165) is 0 Å². The number of halogens is 2. The van der Waals surface area contributed by atoms with Gasteiger partial charge in [0.2, 0.25) is 5.88 Å². The molecule has 1 heterocycles. The molecule has 0 radical (unpaired) electrons. The molecule has 9 heteroatoms. The van der Waals surface area contributed by atoms with Gasteiger partial charge in [-0.3, -0.25) is 0 Å². The number of rotatable bonds is 5. The Labute approximate surface area is 78.0 Å². The van der Waals surface area contributed by atoms with Crippen LogP contribution >= 0.6 is 0 Å². The van der Waals surface area contributed by atoms with E-state index >= 15 is 0 Å². The minimum Gasteiger partial charge on any atom is -0.361 e. The number of hydrogen-bond donors (Lipinski definition) is 1. The molecule has 0 aromatic carbocycles. The van der Waals surface area contributed by atoms with E-state index in [2.05, 4.69) is 19.1 Å². The highest BCUT2D eigenvalue weighted by Gasteiger charge is 2.16. The molecule has 0 aliphatic heterocycles. The molecule has 1 rings (SSSR count). The summed E-state index contributed by atoms with van der Waals surface area (Å²) in [6, 6.07) is 1.22. The molecule has 1 N–H and O–H groups in total. The third-order valence-electron chi connectivity index (χ3n) is 1.03. The van der Waals surface area contributed by atoms with E-state index in [4.69, 9.17) is 0 Å². The first-order valence-corrected chi connectivity index (χ1v) is 4.88. The maximum absolute atomic E-state index is 11.5. The van der Waals surface area contributed by atoms with Crippen LogP contribution in [0.15, 0.2) is 12.3 Å². The number of nitrogens with zero attached hydrogens (tertiary/aromatic N) is 1. The van der Waals surface area contributed by atoms with Crippen LogP contribution in [0.5, 0.6) is 5.88 Å². The van der Waals surface area contributed by atoms with Crippen LogP contribution in [0.1, 0.15) is 0 Å². The van der Waals surface area contributed by atoms with Gasteiger partial charge in [-0.15, -0.1) is 0 Å². The normalized spacial score (nSPS) is 11.9. The lowest BCUT2D eigenvalue weighted by atomic mass is 10.7. The van der Waals surface area contributed by atoms with Gasteiger partial charge in [0.05, 0.1) is 6.20 Å². The van der Waals surface area contributed by atoms with Crippen molar-refractivity contribution >= 4 is 10.1 Å². The lowest BCUT2D eigenvalue weighted by Crippen LogP contribution is -2.18. The van der Waals surface area contributed by atoms with Gasteiger partial charge in [-0.05, 0) is 0 Å². The summed E-state index contributed by atoms with van der Waals surface area (Å²) in [5, 5.41) is 5.58. The van der Waals surface area contributed by atoms with E-state index in [9.17, 15) is 17.2 Å². The first-order valence-electron chi connectivity index (χ1n) is 3.31. The summed E-state index contributed by atoms with van der Waals surface area (Å²) in [5.41, 5.74) is 0. The zero-order valence-corrected chi connectivity index (χ0v) is 7.50. The van der Waals surface area contributed by atoms with Crippen molar-refractivity contribution in [2.75, 3.05) is 5.94 Å². The van der Waals surface area contributed by atoms with Gasteiger partial charge >= 0.3 is 16.7 Å². The number of alkyl halides is 2. The fourth-order valence-electron chi connectivity index (χ4n) is 0.585. The van der Waals surface area contributed by atoms with Gasteiger partial charge in [0.25, 0.3) is 0 Å². The summed E-state index contributed by atoms with van der Waals surface area (Å²) < 4.78 is 52.6. The second-order valence-electron chi connectivity index (χ2n) is 2.11. The van der Waals surface area contributed by atoms with Crippen molar-refractivity contribution < 1.29 is 26.1 Å². The summed E-state index contributed by atoms with van der Waals surface area (Å²) in [4.78, 5) is 0. The summed E-state index contributed by atoms with van der Waals surface area (Å²) in [6.07, 6.45) is 1.25. The Hall–Kier alpha value is -1.22. The van der Waals surface area contributed by atoms with E-state index in [1.165, 1.54) is 12.3 Å². The van der Waals surface area contributed by atoms with Gasteiger partial charge in [-0.2, -0.15) is 22.3 Å². The zero-order valence-electron chi connectivity index (χ0n) is 6.68. The van der Waals surface area contributed by atoms with E-state index in [1.54, 1.807) is 0 Å². The number of hydrogen-bond acceptors (Lipinski definition) is 5. The van der Waals surface area contributed by atoms with E-state index in [1.807, 2.05) is 0 Å². The van der Waals surface area contributed by atoms with E-state index in [-0.39, 0.29) is 5.88 Å². The quantitative estimate of drug-likeness (QED) is 0.734. The first kappa shape index (κ1) is 10.9. The van der Waals surface area contributed by atoms with Gasteiger partial charge in [-0.1, -0.05) is 0 Å². The van der Waals surface area contributed by atoms with Gasteiger partial charge in [0.1, 0.15) is 0 Å². The summed E-state index contributed by atoms with van der Waals surface area (Å²) in [7, 11) is -4.17. The Morgan fingerprint density at radius 1 is 1.57 bits per heavy atom. The van der Waals surface area contributed by atoms with Crippen molar-refractivity contribution in [2.45, 2.75) is 6.61 Å². The molecule has 0 saturated heterocycles. The van der Waals surface area contributed by atoms with Gasteiger partial charge in [0.15, 0.2) is 5.94 Å². The first-order chi connectivity index (χ1) is 6.49. The Kier molecular flexibility index (Phi) is 3.36. The minimum atomic E-state index is -4.17. The molecular weight excluding hydrogens is 222 g/mol. The number of H-pyrrole nitrogens is 1. The van der Waals surface area contributed by atoms with Crippen molar-refractivity contribution in [3.05, 3.63) is 12.3 Å². The van der Waals surface area contributed by atoms with Crippen LogP contribution in [0, 0.1) is 0 Å². The largest absolute Gasteiger partial charge is 0.361 e. The molecule has 0 atom stereocenters. The number of nitrogens with one attached hydrogen (secondary N) is 1. The number of aromatic nitrogens is 2. The molecule has 0 unspecified atom stereocenters. The SMILES string of the molecule is O=S(=O)(COC(F)F)Oc1ccn[nH]1. The van der Waals surface area contributed by atoms with Crippen molar-refractivity contribution in [1.29, 1.82) is 0 Å². The predicted molar refractivity (Wildman–Crippen MR) is 40.1 cm³/mol. The molecule has 6 nitrogen and oxygen atoms in total. The molecule has 0 spiro atoms. The van der Waals surface area contributed by atoms with Gasteiger partial charge in [-0.25, -0.2) is 5.10 Å². The Balaban J connectivity index is 2.51. The third kappa shape index (κ3) is 3.66. The predicted octanol–water partition coefficient (Wildman–Crippen LogP) is 0.315. The second-order valence-corrected chi connectivity index (χ2v) is 3.62. The maximum Gasteiger partial charge on any atom is 0.346 e. The average Bonchev–Trinajstić information content (AvgIpc) is 2.53. The fraction of sp³-hybridized carbons (Fsp3) is 0.400. The zero-order chi connectivity index (χ0) is 10.6. The molecule has 14 heavy (non-hydrogen) atoms. The van der Waals surface area contributed by atoms with Gasteiger partial charge < -0.3 is 8.92 Å². The monoisotopic (exact) mass is 228 g/mol. The van der Waals surface area contributed by atoms with Crippen LogP contribution < -0.4 is 4.18 Å². The lowest BCUT2D eigenvalue weighted by Gasteiger charge is -2.04. The highest BCUT2D eigenvalue weighted by atomic mass is 32.2. The molecule has 0 saturated carbocycles. The highest BCUT2D eigenvalue weighted by molar-refractivity contribution is 7.86. The molecule has 0 amide bonds. The molecule has 0 aliphatic rings. The van der Waals surface area contributed by atoms with Crippen LogP contribution in [-0.4, -0.2) is 31.2 Å². The smallest absolute Gasteiger partial charge is 0.346 e. The van der Waals surface area contributed by atoms with Crippen molar-refractivity contribution in [3.63, 3.8) is 0 Å². The van der Waals surface area contributed by atoms with Crippen molar-refractivity contribution in [1.82, 2.24) is 10.2 Å². The molecule has 0 aliphatic carbocycles. The average molecular weight is 228 g/mol. The molecular formula is C5H6F2N2O4S. The molecule has 0 fully saturated rings. The summed E-state index contributed by atoms with van der Waals surface area (Å²) in [5.74, 6) is -1.38. The molecule has 80 valence electrons. The molecule has 0 bridgehead atoms. The number of ether oxygens (including phenoxy) is 1. The summed E-state index contributed by atoms with van der Waals surface area (Å²) >= 11 is 0. The van der Waals surface area contributed by atoms with Crippen molar-refractivity contribution in [2.24, 2.45) is 0 Å². The van der Waals surface area contributed by atoms with E-state index in [0.29, 0.717) is 0 Å². The van der Waals surface area contributed by atoms with Crippen LogP contribution in [0.25, 0.3) is 0 Å². The van der Waals surface area contributed by atoms with Gasteiger partial charge in [0, 0.05) is 6.07 Å². The molecule has 1 aromatic heterocycles. The van der Waals surface area contributed by atoms with Crippen LogP contribution in [-0.2, 0) is 14.9 Å². The highest BCUT2D eigenvalue weighted by Crippen LogP contribution is 2.08. The van der Waals surface area contributed by atoms with Crippen LogP contribution in [0.2, 0.25) is 0 Å². The maximum atomic E-state index is 11.5. The Bertz CT molecular complexity index is 363. The lowest BCUT2D eigenvalue weighted by molar-refractivity contribution is -0.113. The number of aromatic amines is 1. The minimum absolute atomic E-state index is 0.164. The summed E-state index contributed by atoms with van der Waals surface area (Å²) in [6.45, 7) is -3.16. The standard InChI is InChI=1S/C5H6F2N2O4S/c6-5(7)12-3-14(10,11)13-4-1-2-8-9-4/h1-2,5H,3H2,(H,8,9). The van der Waals surface area contributed by atoms with Crippen LogP contribution in [0.3, 0.4) is 0 Å². The van der Waals surface area contributed by atoms with E-state index < -0.39 is 22.7 Å². The second kappa shape index (κ2) is 4.33. The van der Waals surface area contributed by atoms with Crippen LogP contribution in [0.4, 0.5) is 8.78 Å². The molecule has 1 aromatic rings. The van der Waals surface area contributed by atoms with Crippen molar-refractivity contribution in [3.8, 4) is 5.88 Å². The Morgan fingerprint density at radius 3 is 2.79 bits per heavy atom. The Morgan fingerprint density at radius 2 is 2.29 bits per heavy atom. The topological polar surface area (TPSA) is 81.3 Å².